The van der Waals surface area contributed by atoms with Gasteiger partial charge < -0.3 is 9.47 Å². The summed E-state index contributed by atoms with van der Waals surface area (Å²) in [5.74, 6) is -1.59. The lowest BCUT2D eigenvalue weighted by Gasteiger charge is -2.21. The van der Waals surface area contributed by atoms with Gasteiger partial charge in [-0.3, -0.25) is 19.2 Å². The van der Waals surface area contributed by atoms with Crippen molar-refractivity contribution >= 4 is 23.3 Å². The molecule has 0 saturated carbocycles. The van der Waals surface area contributed by atoms with Gasteiger partial charge in [0.05, 0.1) is 26.2 Å². The number of rotatable bonds is 5. The van der Waals surface area contributed by atoms with E-state index in [9.17, 15) is 19.2 Å². The molecule has 1 aliphatic carbocycles. The first-order valence-corrected chi connectivity index (χ1v) is 6.95. The molecular weight excluding hydrogens is 300 g/mol. The van der Waals surface area contributed by atoms with Gasteiger partial charge in [-0.05, 0) is 13.0 Å². The number of Topliss-reactive ketones (excluding diaryl/α,β-unsaturated/α-hetero) is 3. The van der Waals surface area contributed by atoms with Crippen molar-refractivity contribution in [2.75, 3.05) is 14.2 Å². The Morgan fingerprint density at radius 1 is 1.00 bits per heavy atom. The van der Waals surface area contributed by atoms with Crippen LogP contribution in [0.15, 0.2) is 29.3 Å². The number of allylic oxidation sites excluding steroid dienone is 1. The normalized spacial score (nSPS) is 13.7. The summed E-state index contributed by atoms with van der Waals surface area (Å²) < 4.78 is 9.73. The average molecular weight is 316 g/mol. The van der Waals surface area contributed by atoms with Gasteiger partial charge in [-0.15, -0.1) is 0 Å². The van der Waals surface area contributed by atoms with Gasteiger partial charge in [0, 0.05) is 23.1 Å². The lowest BCUT2D eigenvalue weighted by atomic mass is 9.80. The van der Waals surface area contributed by atoms with E-state index in [2.05, 4.69) is 4.74 Å². The van der Waals surface area contributed by atoms with E-state index >= 15 is 0 Å². The van der Waals surface area contributed by atoms with Gasteiger partial charge in [0.25, 0.3) is 0 Å². The molecule has 0 amide bonds. The Kier molecular flexibility index (Phi) is 4.74. The fraction of sp³-hybridized carbons (Fsp3) is 0.294. The molecule has 0 N–H and O–H groups in total. The molecule has 0 aromatic heterocycles. The highest BCUT2D eigenvalue weighted by molar-refractivity contribution is 6.29. The van der Waals surface area contributed by atoms with Crippen LogP contribution in [0.1, 0.15) is 40.5 Å². The summed E-state index contributed by atoms with van der Waals surface area (Å²) in [6.07, 6.45) is -0.561. The second kappa shape index (κ2) is 6.56. The van der Waals surface area contributed by atoms with Crippen molar-refractivity contribution in [3.8, 4) is 5.75 Å². The number of ether oxygens (including phenoxy) is 2. The van der Waals surface area contributed by atoms with Gasteiger partial charge in [-0.2, -0.15) is 0 Å². The monoisotopic (exact) mass is 316 g/mol. The summed E-state index contributed by atoms with van der Waals surface area (Å²) >= 11 is 0. The van der Waals surface area contributed by atoms with Crippen LogP contribution in [-0.4, -0.2) is 37.5 Å². The van der Waals surface area contributed by atoms with Crippen LogP contribution in [0.25, 0.3) is 0 Å². The molecule has 0 spiro atoms. The number of hydrogen-bond acceptors (Lipinski definition) is 6. The summed E-state index contributed by atoms with van der Waals surface area (Å²) in [5, 5.41) is 0. The zero-order chi connectivity index (χ0) is 17.1. The first kappa shape index (κ1) is 16.6. The Balaban J connectivity index is 2.65. The van der Waals surface area contributed by atoms with E-state index in [-0.39, 0.29) is 46.6 Å². The van der Waals surface area contributed by atoms with Gasteiger partial charge in [-0.25, -0.2) is 0 Å². The first-order chi connectivity index (χ1) is 10.9. The van der Waals surface area contributed by atoms with Crippen molar-refractivity contribution < 1.29 is 28.7 Å². The van der Waals surface area contributed by atoms with Crippen LogP contribution in [-0.2, 0) is 14.3 Å². The Morgan fingerprint density at radius 3 is 2.22 bits per heavy atom. The van der Waals surface area contributed by atoms with E-state index in [0.29, 0.717) is 0 Å². The molecule has 0 atom stereocenters. The van der Waals surface area contributed by atoms with Crippen molar-refractivity contribution in [2.45, 2.75) is 19.8 Å². The number of methoxy groups -OCH3 is 2. The summed E-state index contributed by atoms with van der Waals surface area (Å²) in [5.41, 5.74) is 0.341. The Bertz CT molecular complexity index is 741. The molecular formula is C17H16O6. The number of carbonyl (C=O) groups excluding carboxylic acids is 4. The Labute approximate surface area is 133 Å². The lowest BCUT2D eigenvalue weighted by molar-refractivity contribution is -0.139. The number of hydrogen-bond donors (Lipinski definition) is 0. The highest BCUT2D eigenvalue weighted by Crippen LogP contribution is 2.35. The standard InChI is InChI=1S/C17H16O6/c1-9(18)7-11-12(8-14(19)23-3)17(21)15-10(16(11)20)5-4-6-13(15)22-2/h4-6H,7-8H2,1-3H3. The quantitative estimate of drug-likeness (QED) is 0.771. The van der Waals surface area contributed by atoms with Gasteiger partial charge in [-0.1, -0.05) is 12.1 Å². The smallest absolute Gasteiger partial charge is 0.310 e. The highest BCUT2D eigenvalue weighted by Gasteiger charge is 2.35. The fourth-order valence-electron chi connectivity index (χ4n) is 2.55. The van der Waals surface area contributed by atoms with E-state index in [1.54, 1.807) is 12.1 Å². The highest BCUT2D eigenvalue weighted by atomic mass is 16.5. The molecule has 1 aliphatic rings. The molecule has 2 rings (SSSR count). The van der Waals surface area contributed by atoms with Gasteiger partial charge in [0.1, 0.15) is 11.5 Å². The molecule has 120 valence electrons. The predicted molar refractivity (Wildman–Crippen MR) is 80.6 cm³/mol. The Morgan fingerprint density at radius 2 is 1.65 bits per heavy atom. The van der Waals surface area contributed by atoms with Crippen LogP contribution in [0.5, 0.6) is 5.75 Å². The molecule has 1 aromatic rings. The van der Waals surface area contributed by atoms with Gasteiger partial charge in [0.2, 0.25) is 0 Å². The molecule has 0 bridgehead atoms. The van der Waals surface area contributed by atoms with E-state index in [1.165, 1.54) is 27.2 Å². The molecule has 0 aliphatic heterocycles. The van der Waals surface area contributed by atoms with Crippen LogP contribution >= 0.6 is 0 Å². The number of esters is 1. The minimum absolute atomic E-state index is 0.00551. The van der Waals surface area contributed by atoms with Crippen LogP contribution in [0.4, 0.5) is 0 Å². The lowest BCUT2D eigenvalue weighted by Crippen LogP contribution is -2.25. The predicted octanol–water partition coefficient (Wildman–Crippen LogP) is 1.91. The third-order valence-corrected chi connectivity index (χ3v) is 3.60. The SMILES string of the molecule is COC(=O)CC1=C(CC(C)=O)C(=O)c2cccc(OC)c2C1=O. The minimum atomic E-state index is -0.652. The largest absolute Gasteiger partial charge is 0.496 e. The number of fused-ring (bicyclic) bond motifs is 1. The van der Waals surface area contributed by atoms with Crippen molar-refractivity contribution in [3.05, 3.63) is 40.5 Å². The van der Waals surface area contributed by atoms with Crippen molar-refractivity contribution in [2.24, 2.45) is 0 Å². The maximum absolute atomic E-state index is 12.8. The second-order valence-corrected chi connectivity index (χ2v) is 5.13. The van der Waals surface area contributed by atoms with Crippen LogP contribution < -0.4 is 4.74 Å². The molecule has 0 unspecified atom stereocenters. The van der Waals surface area contributed by atoms with Crippen molar-refractivity contribution in [1.82, 2.24) is 0 Å². The maximum atomic E-state index is 12.8. The molecule has 0 saturated heterocycles. The topological polar surface area (TPSA) is 86.7 Å². The van der Waals surface area contributed by atoms with Crippen molar-refractivity contribution in [3.63, 3.8) is 0 Å². The zero-order valence-corrected chi connectivity index (χ0v) is 13.1. The van der Waals surface area contributed by atoms with E-state index in [4.69, 9.17) is 4.74 Å². The molecule has 1 aromatic carbocycles. The van der Waals surface area contributed by atoms with Crippen LogP contribution in [0, 0.1) is 0 Å². The molecule has 0 radical (unpaired) electrons. The van der Waals surface area contributed by atoms with E-state index in [1.807, 2.05) is 0 Å². The maximum Gasteiger partial charge on any atom is 0.310 e. The summed E-state index contributed by atoms with van der Waals surface area (Å²) in [7, 11) is 2.58. The minimum Gasteiger partial charge on any atom is -0.496 e. The van der Waals surface area contributed by atoms with Gasteiger partial charge in [0.15, 0.2) is 11.6 Å². The number of ketones is 3. The van der Waals surface area contributed by atoms with Crippen LogP contribution in [0.2, 0.25) is 0 Å². The van der Waals surface area contributed by atoms with E-state index in [0.717, 1.165) is 0 Å². The van der Waals surface area contributed by atoms with Crippen LogP contribution in [0.3, 0.4) is 0 Å². The van der Waals surface area contributed by atoms with E-state index < -0.39 is 17.5 Å². The number of benzene rings is 1. The third-order valence-electron chi connectivity index (χ3n) is 3.60. The summed E-state index contributed by atoms with van der Waals surface area (Å²) in [6.45, 7) is 1.32. The van der Waals surface area contributed by atoms with Gasteiger partial charge >= 0.3 is 5.97 Å². The molecule has 0 fully saturated rings. The average Bonchev–Trinajstić information content (AvgIpc) is 2.54. The summed E-state index contributed by atoms with van der Waals surface area (Å²) in [4.78, 5) is 48.5. The fourth-order valence-corrected chi connectivity index (χ4v) is 2.55. The zero-order valence-electron chi connectivity index (χ0n) is 13.1. The third kappa shape index (κ3) is 3.06. The molecule has 6 heteroatoms. The Hall–Kier alpha value is -2.76. The van der Waals surface area contributed by atoms with Crippen molar-refractivity contribution in [1.29, 1.82) is 0 Å². The molecule has 23 heavy (non-hydrogen) atoms. The first-order valence-electron chi connectivity index (χ1n) is 6.95. The number of carbonyl (C=O) groups is 4. The second-order valence-electron chi connectivity index (χ2n) is 5.13. The summed E-state index contributed by atoms with van der Waals surface area (Å²) in [6, 6.07) is 4.67. The molecule has 0 heterocycles. The molecule has 6 nitrogen and oxygen atoms in total.